The summed E-state index contributed by atoms with van der Waals surface area (Å²) in [5.41, 5.74) is 1.11. The number of nitrogens with one attached hydrogen (secondary N) is 1. The quantitative estimate of drug-likeness (QED) is 0.294. The Labute approximate surface area is 232 Å². The molecule has 0 aliphatic carbocycles. The van der Waals surface area contributed by atoms with Crippen LogP contribution in [-0.4, -0.2) is 56.8 Å². The lowest BCUT2D eigenvalue weighted by Crippen LogP contribution is -2.57. The Morgan fingerprint density at radius 2 is 1.59 bits per heavy atom. The summed E-state index contributed by atoms with van der Waals surface area (Å²) in [7, 11) is 0. The SMILES string of the molecule is Cc1cc(N2CNC(=O)C23CCN(C(=O)c2cc(-c4ccncc4)n(-c4cc(F)c(F)c(F)c4)n2)CC3)ccc1F. The monoisotopic (exact) mass is 564 g/mol. The number of aryl methyl sites for hydroxylation is 1. The Morgan fingerprint density at radius 1 is 0.902 bits per heavy atom. The molecule has 2 saturated heterocycles. The van der Waals surface area contributed by atoms with E-state index < -0.39 is 28.9 Å². The Hall–Kier alpha value is -4.74. The molecule has 0 saturated carbocycles. The van der Waals surface area contributed by atoms with E-state index in [9.17, 15) is 27.2 Å². The highest BCUT2D eigenvalue weighted by molar-refractivity contribution is 5.96. The predicted molar refractivity (Wildman–Crippen MR) is 141 cm³/mol. The Morgan fingerprint density at radius 3 is 2.24 bits per heavy atom. The number of halogens is 4. The summed E-state index contributed by atoms with van der Waals surface area (Å²) in [6.45, 7) is 2.40. The molecule has 2 aromatic carbocycles. The molecule has 0 atom stereocenters. The lowest BCUT2D eigenvalue weighted by Gasteiger charge is -2.43. The number of likely N-dealkylation sites (tertiary alicyclic amines) is 1. The fourth-order valence-corrected chi connectivity index (χ4v) is 5.54. The number of rotatable bonds is 4. The minimum atomic E-state index is -1.61. The first-order valence-electron chi connectivity index (χ1n) is 12.9. The number of nitrogens with zero attached hydrogens (tertiary/aromatic N) is 5. The summed E-state index contributed by atoms with van der Waals surface area (Å²) in [4.78, 5) is 34.1. The first-order chi connectivity index (χ1) is 19.7. The average Bonchev–Trinajstić information content (AvgIpc) is 3.56. The van der Waals surface area contributed by atoms with Crippen LogP contribution in [0.15, 0.2) is 60.9 Å². The average molecular weight is 565 g/mol. The number of benzene rings is 2. The van der Waals surface area contributed by atoms with Gasteiger partial charge in [-0.3, -0.25) is 14.6 Å². The zero-order valence-electron chi connectivity index (χ0n) is 21.9. The third-order valence-electron chi connectivity index (χ3n) is 7.79. The molecule has 0 radical (unpaired) electrons. The summed E-state index contributed by atoms with van der Waals surface area (Å²) in [6, 6.07) is 11.1. The van der Waals surface area contributed by atoms with Gasteiger partial charge in [-0.2, -0.15) is 5.10 Å². The number of hydrogen-bond donors (Lipinski definition) is 1. The molecule has 12 heteroatoms. The van der Waals surface area contributed by atoms with Crippen LogP contribution in [0.4, 0.5) is 23.2 Å². The van der Waals surface area contributed by atoms with Crippen LogP contribution in [-0.2, 0) is 4.79 Å². The molecule has 8 nitrogen and oxygen atoms in total. The highest BCUT2D eigenvalue weighted by Gasteiger charge is 2.51. The second kappa shape index (κ2) is 10.0. The molecule has 4 heterocycles. The summed E-state index contributed by atoms with van der Waals surface area (Å²) < 4.78 is 56.9. The van der Waals surface area contributed by atoms with Gasteiger partial charge in [0.25, 0.3) is 5.91 Å². The normalized spacial score (nSPS) is 16.4. The van der Waals surface area contributed by atoms with Gasteiger partial charge in [-0.05, 0) is 61.7 Å². The van der Waals surface area contributed by atoms with Crippen molar-refractivity contribution < 1.29 is 27.2 Å². The topological polar surface area (TPSA) is 83.4 Å². The Balaban J connectivity index is 1.29. The van der Waals surface area contributed by atoms with Crippen molar-refractivity contribution in [2.75, 3.05) is 24.7 Å². The van der Waals surface area contributed by atoms with Crippen LogP contribution in [0.2, 0.25) is 0 Å². The van der Waals surface area contributed by atoms with Gasteiger partial charge in [0, 0.05) is 48.9 Å². The van der Waals surface area contributed by atoms with Crippen molar-refractivity contribution in [2.24, 2.45) is 0 Å². The number of hydrogen-bond acceptors (Lipinski definition) is 5. The lowest BCUT2D eigenvalue weighted by molar-refractivity contribution is -0.124. The van der Waals surface area contributed by atoms with E-state index in [1.807, 2.05) is 4.90 Å². The molecule has 2 aliphatic rings. The third-order valence-corrected chi connectivity index (χ3v) is 7.79. The van der Waals surface area contributed by atoms with Crippen molar-refractivity contribution >= 4 is 17.5 Å². The van der Waals surface area contributed by atoms with Gasteiger partial charge in [0.05, 0.1) is 18.1 Å². The molecule has 2 aliphatic heterocycles. The van der Waals surface area contributed by atoms with E-state index in [0.29, 0.717) is 35.3 Å². The van der Waals surface area contributed by atoms with Crippen molar-refractivity contribution in [3.8, 4) is 16.9 Å². The maximum absolute atomic E-state index is 14.1. The van der Waals surface area contributed by atoms with E-state index in [4.69, 9.17) is 0 Å². The van der Waals surface area contributed by atoms with Crippen LogP contribution in [0.5, 0.6) is 0 Å². The fourth-order valence-electron chi connectivity index (χ4n) is 5.54. The minimum Gasteiger partial charge on any atom is -0.339 e. The molecular weight excluding hydrogens is 540 g/mol. The van der Waals surface area contributed by atoms with Crippen LogP contribution in [0.3, 0.4) is 0 Å². The number of piperidine rings is 1. The summed E-state index contributed by atoms with van der Waals surface area (Å²) in [5.74, 6) is -5.30. The van der Waals surface area contributed by atoms with E-state index in [-0.39, 0.29) is 42.9 Å². The molecule has 0 unspecified atom stereocenters. The molecule has 2 fully saturated rings. The second-order valence-electron chi connectivity index (χ2n) is 10.1. The molecule has 4 aromatic rings. The number of carbonyl (C=O) groups is 2. The first-order valence-corrected chi connectivity index (χ1v) is 12.9. The lowest BCUT2D eigenvalue weighted by atomic mass is 9.85. The van der Waals surface area contributed by atoms with Crippen molar-refractivity contribution in [3.63, 3.8) is 0 Å². The molecule has 2 amide bonds. The summed E-state index contributed by atoms with van der Waals surface area (Å²) >= 11 is 0. The smallest absolute Gasteiger partial charge is 0.274 e. The maximum atomic E-state index is 14.1. The summed E-state index contributed by atoms with van der Waals surface area (Å²) in [6.07, 6.45) is 3.69. The zero-order chi connectivity index (χ0) is 28.9. The minimum absolute atomic E-state index is 0.0137. The van der Waals surface area contributed by atoms with Gasteiger partial charge in [0.2, 0.25) is 5.91 Å². The van der Waals surface area contributed by atoms with Crippen LogP contribution in [0.25, 0.3) is 16.9 Å². The van der Waals surface area contributed by atoms with Crippen LogP contribution in [0.1, 0.15) is 28.9 Å². The standard InChI is InChI=1S/C29H24F4N6O2/c1-17-12-19(2-3-21(17)30)38-16-35-28(41)29(38)6-10-37(11-7-29)27(40)24-15-25(18-4-8-34-9-5-18)39(36-24)20-13-22(31)26(33)23(32)14-20/h2-5,8-9,12-15H,6-7,10-11,16H2,1H3,(H,35,41). The Bertz CT molecular complexity index is 1640. The number of pyridine rings is 1. The third kappa shape index (κ3) is 4.48. The van der Waals surface area contributed by atoms with E-state index in [1.54, 1.807) is 36.1 Å². The van der Waals surface area contributed by atoms with E-state index in [0.717, 1.165) is 12.1 Å². The maximum Gasteiger partial charge on any atom is 0.274 e. The van der Waals surface area contributed by atoms with Crippen LogP contribution in [0, 0.1) is 30.2 Å². The van der Waals surface area contributed by atoms with Crippen molar-refractivity contribution in [3.05, 3.63) is 95.5 Å². The largest absolute Gasteiger partial charge is 0.339 e. The van der Waals surface area contributed by atoms with E-state index >= 15 is 0 Å². The van der Waals surface area contributed by atoms with Gasteiger partial charge in [0.1, 0.15) is 11.4 Å². The number of aromatic nitrogens is 3. The van der Waals surface area contributed by atoms with Gasteiger partial charge in [-0.25, -0.2) is 22.2 Å². The van der Waals surface area contributed by atoms with Gasteiger partial charge < -0.3 is 15.1 Å². The van der Waals surface area contributed by atoms with Crippen LogP contribution >= 0.6 is 0 Å². The number of carbonyl (C=O) groups excluding carboxylic acids is 2. The van der Waals surface area contributed by atoms with Crippen molar-refractivity contribution in [2.45, 2.75) is 25.3 Å². The summed E-state index contributed by atoms with van der Waals surface area (Å²) in [5, 5.41) is 7.23. The molecule has 1 N–H and O–H groups in total. The first kappa shape index (κ1) is 26.5. The van der Waals surface area contributed by atoms with Crippen molar-refractivity contribution in [1.29, 1.82) is 0 Å². The van der Waals surface area contributed by atoms with Gasteiger partial charge in [-0.15, -0.1) is 0 Å². The molecule has 0 bridgehead atoms. The highest BCUT2D eigenvalue weighted by atomic mass is 19.2. The van der Waals surface area contributed by atoms with Crippen LogP contribution < -0.4 is 10.2 Å². The zero-order valence-corrected chi connectivity index (χ0v) is 21.9. The molecule has 2 aromatic heterocycles. The second-order valence-corrected chi connectivity index (χ2v) is 10.1. The molecular formula is C29H24F4N6O2. The number of anilines is 1. The van der Waals surface area contributed by atoms with E-state index in [2.05, 4.69) is 15.4 Å². The van der Waals surface area contributed by atoms with Gasteiger partial charge in [-0.1, -0.05) is 0 Å². The Kier molecular flexibility index (Phi) is 6.47. The molecule has 6 rings (SSSR count). The molecule has 1 spiro atoms. The van der Waals surface area contributed by atoms with Gasteiger partial charge >= 0.3 is 0 Å². The molecule has 41 heavy (non-hydrogen) atoms. The highest BCUT2D eigenvalue weighted by Crippen LogP contribution is 2.37. The van der Waals surface area contributed by atoms with Crippen molar-refractivity contribution in [1.82, 2.24) is 25.0 Å². The van der Waals surface area contributed by atoms with E-state index in [1.165, 1.54) is 29.2 Å². The predicted octanol–water partition coefficient (Wildman–Crippen LogP) is 4.37. The van der Waals surface area contributed by atoms with Gasteiger partial charge in [0.15, 0.2) is 23.1 Å². The number of amides is 2. The fraction of sp³-hybridized carbons (Fsp3) is 0.241. The molecule has 210 valence electrons.